The van der Waals surface area contributed by atoms with Crippen LogP contribution in [0.25, 0.3) is 16.8 Å². The van der Waals surface area contributed by atoms with Gasteiger partial charge in [0.1, 0.15) is 0 Å². The van der Waals surface area contributed by atoms with Crippen molar-refractivity contribution in [1.82, 2.24) is 19.9 Å². The molecule has 8 heteroatoms. The van der Waals surface area contributed by atoms with Crippen molar-refractivity contribution in [2.24, 2.45) is 0 Å². The lowest BCUT2D eigenvalue weighted by Gasteiger charge is -2.35. The zero-order chi connectivity index (χ0) is 24.2. The summed E-state index contributed by atoms with van der Waals surface area (Å²) in [5.41, 5.74) is 4.84. The number of nitrogens with one attached hydrogen (secondary N) is 2. The van der Waals surface area contributed by atoms with E-state index in [1.807, 2.05) is 42.5 Å². The van der Waals surface area contributed by atoms with Gasteiger partial charge in [-0.2, -0.15) is 5.10 Å². The minimum atomic E-state index is -0.213. The molecule has 1 aliphatic heterocycles. The Labute approximate surface area is 210 Å². The molecule has 1 saturated heterocycles. The van der Waals surface area contributed by atoms with Gasteiger partial charge in [0, 0.05) is 42.1 Å². The third-order valence-electron chi connectivity index (χ3n) is 6.44. The van der Waals surface area contributed by atoms with E-state index in [1.54, 1.807) is 23.1 Å². The number of amides is 1. The number of piperidine rings is 1. The molecule has 2 aromatic carbocycles. The number of aromatic nitrogens is 3. The molecule has 1 fully saturated rings. The number of hydrogen-bond acceptors (Lipinski definition) is 5. The molecule has 5 rings (SSSR count). The predicted molar refractivity (Wildman–Crippen MR) is 141 cm³/mol. The Balaban J connectivity index is 1.31. The summed E-state index contributed by atoms with van der Waals surface area (Å²) in [5.74, 6) is -0.213. The van der Waals surface area contributed by atoms with Crippen LogP contribution < -0.4 is 15.5 Å². The van der Waals surface area contributed by atoms with Crippen LogP contribution in [0, 0.1) is 0 Å². The van der Waals surface area contributed by atoms with Crippen molar-refractivity contribution in [3.8, 4) is 11.1 Å². The first-order chi connectivity index (χ1) is 17.1. The molecule has 4 aromatic rings. The third kappa shape index (κ3) is 5.16. The smallest absolute Gasteiger partial charge is 0.258 e. The molecule has 0 bridgehead atoms. The van der Waals surface area contributed by atoms with Crippen LogP contribution in [-0.2, 0) is 0 Å². The van der Waals surface area contributed by atoms with Gasteiger partial charge in [0.25, 0.3) is 5.91 Å². The number of carbonyl (C=O) groups is 1. The molecule has 0 atom stereocenters. The number of rotatable bonds is 7. The Hall–Kier alpha value is -3.42. The van der Waals surface area contributed by atoms with Crippen LogP contribution in [0.15, 0.2) is 67.1 Å². The zero-order valence-electron chi connectivity index (χ0n) is 19.7. The van der Waals surface area contributed by atoms with E-state index in [0.29, 0.717) is 22.3 Å². The van der Waals surface area contributed by atoms with E-state index in [4.69, 9.17) is 11.6 Å². The largest absolute Gasteiger partial charge is 0.370 e. The fraction of sp³-hybridized carbons (Fsp3) is 0.296. The van der Waals surface area contributed by atoms with Crippen molar-refractivity contribution in [3.05, 3.63) is 77.7 Å². The van der Waals surface area contributed by atoms with Crippen molar-refractivity contribution in [2.45, 2.75) is 32.2 Å². The first-order valence-corrected chi connectivity index (χ1v) is 12.5. The number of anilines is 2. The lowest BCUT2D eigenvalue weighted by molar-refractivity contribution is 0.102. The maximum absolute atomic E-state index is 13.1. The Kier molecular flexibility index (Phi) is 6.97. The maximum atomic E-state index is 13.1. The number of nitrogens with zero attached hydrogens (tertiary/aromatic N) is 4. The molecule has 3 heterocycles. The minimum Gasteiger partial charge on any atom is -0.370 e. The molecular formula is C27H29ClN6O. The zero-order valence-corrected chi connectivity index (χ0v) is 20.5. The van der Waals surface area contributed by atoms with Crippen molar-refractivity contribution >= 4 is 34.5 Å². The van der Waals surface area contributed by atoms with Crippen LogP contribution in [0.1, 0.15) is 36.5 Å². The number of carbonyl (C=O) groups excluding carboxylic acids is 1. The minimum absolute atomic E-state index is 0.213. The van der Waals surface area contributed by atoms with Crippen molar-refractivity contribution < 1.29 is 4.79 Å². The molecule has 35 heavy (non-hydrogen) atoms. The fourth-order valence-electron chi connectivity index (χ4n) is 4.55. The van der Waals surface area contributed by atoms with Gasteiger partial charge in [0.2, 0.25) is 0 Å². The van der Waals surface area contributed by atoms with Gasteiger partial charge >= 0.3 is 0 Å². The summed E-state index contributed by atoms with van der Waals surface area (Å²) in [7, 11) is 0. The van der Waals surface area contributed by atoms with E-state index in [0.717, 1.165) is 61.4 Å². The highest BCUT2D eigenvalue weighted by molar-refractivity contribution is 6.30. The first-order valence-electron chi connectivity index (χ1n) is 12.1. The molecule has 7 nitrogen and oxygen atoms in total. The van der Waals surface area contributed by atoms with E-state index >= 15 is 0 Å². The van der Waals surface area contributed by atoms with Gasteiger partial charge in [0.05, 0.1) is 23.1 Å². The molecule has 0 aliphatic carbocycles. The molecule has 0 unspecified atom stereocenters. The van der Waals surface area contributed by atoms with Crippen molar-refractivity contribution in [2.75, 3.05) is 29.9 Å². The number of halogens is 1. The number of para-hydroxylation sites is 2. The van der Waals surface area contributed by atoms with E-state index in [-0.39, 0.29) is 5.91 Å². The Morgan fingerprint density at radius 3 is 2.63 bits per heavy atom. The predicted octanol–water partition coefficient (Wildman–Crippen LogP) is 5.27. The van der Waals surface area contributed by atoms with Gasteiger partial charge in [-0.05, 0) is 55.6 Å². The van der Waals surface area contributed by atoms with Crippen LogP contribution in [0.5, 0.6) is 0 Å². The second-order valence-electron chi connectivity index (χ2n) is 8.86. The highest BCUT2D eigenvalue weighted by atomic mass is 35.5. The summed E-state index contributed by atoms with van der Waals surface area (Å²) in [6.07, 6.45) is 8.40. The van der Waals surface area contributed by atoms with E-state index in [1.165, 1.54) is 0 Å². The summed E-state index contributed by atoms with van der Waals surface area (Å²) in [5, 5.41) is 11.8. The lowest BCUT2D eigenvalue weighted by atomic mass is 10.0. The number of hydrogen-bond donors (Lipinski definition) is 2. The second-order valence-corrected chi connectivity index (χ2v) is 9.30. The molecule has 2 aromatic heterocycles. The topological polar surface area (TPSA) is 74.6 Å². The molecule has 0 spiro atoms. The van der Waals surface area contributed by atoms with Gasteiger partial charge in [-0.25, -0.2) is 9.50 Å². The third-order valence-corrected chi connectivity index (χ3v) is 6.70. The van der Waals surface area contributed by atoms with Gasteiger partial charge in [-0.1, -0.05) is 42.8 Å². The normalized spacial score (nSPS) is 14.4. The van der Waals surface area contributed by atoms with Crippen LogP contribution in [0.2, 0.25) is 5.02 Å². The molecule has 2 N–H and O–H groups in total. The highest BCUT2D eigenvalue weighted by Gasteiger charge is 2.21. The fourth-order valence-corrected chi connectivity index (χ4v) is 4.67. The molecule has 0 saturated carbocycles. The molecular weight excluding hydrogens is 460 g/mol. The maximum Gasteiger partial charge on any atom is 0.258 e. The average Bonchev–Trinajstić information content (AvgIpc) is 3.32. The van der Waals surface area contributed by atoms with Crippen molar-refractivity contribution in [3.63, 3.8) is 0 Å². The standard InChI is InChI=1S/C27H29ClN6O/c1-2-13-29-22-11-14-33(15-12-22)25-6-4-3-5-24(25)32-27(35)20-16-30-26-23(17-31-34(26)18-20)19-7-9-21(28)10-8-19/h3-10,16-18,22,29H,2,11-15H2,1H3,(H,32,35). The van der Waals surface area contributed by atoms with Crippen LogP contribution in [0.3, 0.4) is 0 Å². The monoisotopic (exact) mass is 488 g/mol. The van der Waals surface area contributed by atoms with E-state index < -0.39 is 0 Å². The molecule has 180 valence electrons. The molecule has 1 aliphatic rings. The van der Waals surface area contributed by atoms with Gasteiger partial charge in [0.15, 0.2) is 5.65 Å². The summed E-state index contributed by atoms with van der Waals surface area (Å²) < 4.78 is 1.64. The van der Waals surface area contributed by atoms with Crippen LogP contribution >= 0.6 is 11.6 Å². The molecule has 0 radical (unpaired) electrons. The summed E-state index contributed by atoms with van der Waals surface area (Å²) >= 11 is 6.01. The van der Waals surface area contributed by atoms with Gasteiger partial charge in [-0.15, -0.1) is 0 Å². The SMILES string of the molecule is CCCNC1CCN(c2ccccc2NC(=O)c2cnc3c(-c4ccc(Cl)cc4)cnn3c2)CC1. The van der Waals surface area contributed by atoms with E-state index in [9.17, 15) is 4.79 Å². The average molecular weight is 489 g/mol. The lowest BCUT2D eigenvalue weighted by Crippen LogP contribution is -2.43. The van der Waals surface area contributed by atoms with Crippen LogP contribution in [-0.4, -0.2) is 46.2 Å². The van der Waals surface area contributed by atoms with Gasteiger partial charge < -0.3 is 15.5 Å². The quantitative estimate of drug-likeness (QED) is 0.370. The van der Waals surface area contributed by atoms with Crippen LogP contribution in [0.4, 0.5) is 11.4 Å². The Bertz CT molecular complexity index is 1310. The summed E-state index contributed by atoms with van der Waals surface area (Å²) in [6.45, 7) is 5.18. The van der Waals surface area contributed by atoms with E-state index in [2.05, 4.69) is 38.6 Å². The first kappa shape index (κ1) is 23.3. The van der Waals surface area contributed by atoms with Gasteiger partial charge in [-0.3, -0.25) is 4.79 Å². The summed E-state index contributed by atoms with van der Waals surface area (Å²) in [4.78, 5) is 20.0. The summed E-state index contributed by atoms with van der Waals surface area (Å²) in [6, 6.07) is 16.1. The van der Waals surface area contributed by atoms with Crippen molar-refractivity contribution in [1.29, 1.82) is 0 Å². The Morgan fingerprint density at radius 1 is 1.09 bits per heavy atom. The highest BCUT2D eigenvalue weighted by Crippen LogP contribution is 2.29. The second kappa shape index (κ2) is 10.5. The number of benzene rings is 2. The Morgan fingerprint density at radius 2 is 1.86 bits per heavy atom. The molecule has 1 amide bonds. The number of fused-ring (bicyclic) bond motifs is 1.